The molecule has 6 nitrogen and oxygen atoms in total. The van der Waals surface area contributed by atoms with Gasteiger partial charge in [-0.15, -0.1) is 0 Å². The quantitative estimate of drug-likeness (QED) is 0.518. The molecule has 7 heteroatoms. The van der Waals surface area contributed by atoms with Gasteiger partial charge in [0.05, 0.1) is 25.5 Å². The van der Waals surface area contributed by atoms with Crippen molar-refractivity contribution in [2.45, 2.75) is 18.7 Å². The van der Waals surface area contributed by atoms with Crippen LogP contribution in [-0.2, 0) is 0 Å². The fourth-order valence-corrected chi connectivity index (χ4v) is 4.51. The molecule has 1 N–H and O–H groups in total. The molecule has 0 radical (unpaired) electrons. The fourth-order valence-electron chi connectivity index (χ4n) is 4.13. The number of benzene rings is 3. The number of aliphatic hydroxyl groups is 1. The van der Waals surface area contributed by atoms with Gasteiger partial charge in [-0.25, -0.2) is 5.01 Å². The number of aliphatic hydroxyl groups excluding tert-OH is 1. The van der Waals surface area contributed by atoms with Crippen molar-refractivity contribution in [3.05, 3.63) is 87.9 Å². The molecule has 2 atom stereocenters. The van der Waals surface area contributed by atoms with E-state index in [4.69, 9.17) is 24.4 Å². The van der Waals surface area contributed by atoms with Gasteiger partial charge in [-0.3, -0.25) is 0 Å². The molecule has 0 fully saturated rings. The first-order valence-electron chi connectivity index (χ1n) is 10.5. The number of hydrogen-bond acceptors (Lipinski definition) is 6. The minimum atomic E-state index is -0.351. The third kappa shape index (κ3) is 3.94. The summed E-state index contributed by atoms with van der Waals surface area (Å²) < 4.78 is 18.2. The molecule has 0 aromatic heterocycles. The van der Waals surface area contributed by atoms with Gasteiger partial charge in [0.25, 0.3) is 0 Å². The molecule has 0 spiro atoms. The van der Waals surface area contributed by atoms with Gasteiger partial charge in [0.15, 0.2) is 0 Å². The topological polar surface area (TPSA) is 63.5 Å². The van der Waals surface area contributed by atoms with E-state index >= 15 is 0 Å². The summed E-state index contributed by atoms with van der Waals surface area (Å²) in [6, 6.07) is 21.9. The van der Waals surface area contributed by atoms with E-state index in [1.165, 1.54) is 0 Å². The Bertz CT molecular complexity index is 1130. The second-order valence-electron chi connectivity index (χ2n) is 7.67. The van der Waals surface area contributed by atoms with E-state index in [-0.39, 0.29) is 25.5 Å². The van der Waals surface area contributed by atoms with Gasteiger partial charge in [-0.2, -0.15) is 5.10 Å². The summed E-state index contributed by atoms with van der Waals surface area (Å²) in [4.78, 5) is 0. The Morgan fingerprint density at radius 1 is 1.06 bits per heavy atom. The highest BCUT2D eigenvalue weighted by Gasteiger charge is 2.41. The number of rotatable bonds is 6. The average molecular weight is 495 g/mol. The monoisotopic (exact) mass is 494 g/mol. The number of methoxy groups -OCH3 is 1. The molecule has 2 aliphatic heterocycles. The van der Waals surface area contributed by atoms with Gasteiger partial charge in [0.1, 0.15) is 23.9 Å². The first-order chi connectivity index (χ1) is 15.7. The van der Waals surface area contributed by atoms with Crippen LogP contribution >= 0.6 is 15.9 Å². The van der Waals surface area contributed by atoms with Crippen molar-refractivity contribution in [1.29, 1.82) is 0 Å². The zero-order valence-corrected chi connectivity index (χ0v) is 19.2. The summed E-state index contributed by atoms with van der Waals surface area (Å²) in [5.41, 5.74) is 4.19. The van der Waals surface area contributed by atoms with Crippen LogP contribution in [0.3, 0.4) is 0 Å². The predicted octanol–water partition coefficient (Wildman–Crippen LogP) is 5.07. The number of halogens is 1. The van der Waals surface area contributed by atoms with Crippen molar-refractivity contribution in [2.75, 3.05) is 20.3 Å². The van der Waals surface area contributed by atoms with Crippen LogP contribution in [0.5, 0.6) is 17.2 Å². The molecular formula is C25H23BrN2O4. The van der Waals surface area contributed by atoms with Crippen LogP contribution in [0.4, 0.5) is 0 Å². The second kappa shape index (κ2) is 8.84. The molecule has 164 valence electrons. The van der Waals surface area contributed by atoms with Gasteiger partial charge in [-0.05, 0) is 72.3 Å². The van der Waals surface area contributed by atoms with Crippen molar-refractivity contribution < 1.29 is 19.3 Å². The van der Waals surface area contributed by atoms with E-state index < -0.39 is 0 Å². The van der Waals surface area contributed by atoms with Crippen LogP contribution in [-0.4, -0.2) is 36.2 Å². The number of fused-ring (bicyclic) bond motifs is 3. The van der Waals surface area contributed by atoms with Gasteiger partial charge in [0.2, 0.25) is 6.23 Å². The van der Waals surface area contributed by atoms with E-state index in [1.807, 2.05) is 60.7 Å². The molecular weight excluding hydrogens is 472 g/mol. The Kier molecular flexibility index (Phi) is 5.76. The molecule has 2 heterocycles. The molecule has 0 bridgehead atoms. The predicted molar refractivity (Wildman–Crippen MR) is 125 cm³/mol. The summed E-state index contributed by atoms with van der Waals surface area (Å²) in [5.74, 6) is 2.40. The highest BCUT2D eigenvalue weighted by molar-refractivity contribution is 9.10. The molecule has 2 aliphatic rings. The Morgan fingerprint density at radius 2 is 1.81 bits per heavy atom. The first kappa shape index (κ1) is 20.8. The van der Waals surface area contributed by atoms with E-state index in [9.17, 15) is 0 Å². The highest BCUT2D eigenvalue weighted by atomic mass is 79.9. The molecule has 0 saturated carbocycles. The summed E-state index contributed by atoms with van der Waals surface area (Å²) in [5, 5.41) is 16.0. The summed E-state index contributed by atoms with van der Waals surface area (Å²) in [6.45, 7) is 0.253. The van der Waals surface area contributed by atoms with Crippen LogP contribution in [0, 0.1) is 0 Å². The Labute approximate surface area is 195 Å². The average Bonchev–Trinajstić information content (AvgIpc) is 3.29. The zero-order valence-electron chi connectivity index (χ0n) is 17.6. The minimum Gasteiger partial charge on any atom is -0.497 e. The van der Waals surface area contributed by atoms with Gasteiger partial charge in [-0.1, -0.05) is 15.9 Å². The molecule has 0 aliphatic carbocycles. The van der Waals surface area contributed by atoms with Gasteiger partial charge < -0.3 is 19.3 Å². The molecule has 32 heavy (non-hydrogen) atoms. The van der Waals surface area contributed by atoms with Crippen molar-refractivity contribution in [2.24, 2.45) is 5.10 Å². The second-order valence-corrected chi connectivity index (χ2v) is 8.58. The largest absolute Gasteiger partial charge is 0.497 e. The Balaban J connectivity index is 1.50. The molecule has 3 aromatic carbocycles. The number of nitrogens with zero attached hydrogens (tertiary/aromatic N) is 2. The van der Waals surface area contributed by atoms with E-state index in [0.717, 1.165) is 44.8 Å². The number of hydrogen-bond donors (Lipinski definition) is 1. The van der Waals surface area contributed by atoms with E-state index in [2.05, 4.69) is 27.0 Å². The van der Waals surface area contributed by atoms with Crippen LogP contribution in [0.15, 0.2) is 76.3 Å². The van der Waals surface area contributed by atoms with E-state index in [1.54, 1.807) is 7.11 Å². The standard InChI is InChI=1S/C25H23BrN2O4/c1-30-19-7-2-16(3-8-19)22-15-23-21-14-18(26)6-11-24(21)32-25(28(23)27-22)17-4-9-20(10-5-17)31-13-12-29/h2-11,14,23,25,29H,12-13,15H2,1H3. The van der Waals surface area contributed by atoms with Crippen LogP contribution in [0.25, 0.3) is 0 Å². The van der Waals surface area contributed by atoms with Crippen LogP contribution in [0.1, 0.15) is 35.4 Å². The first-order valence-corrected chi connectivity index (χ1v) is 11.3. The fraction of sp³-hybridized carbons (Fsp3) is 0.240. The lowest BCUT2D eigenvalue weighted by molar-refractivity contribution is -0.0191. The maximum absolute atomic E-state index is 8.97. The van der Waals surface area contributed by atoms with Crippen LogP contribution in [0.2, 0.25) is 0 Å². The third-order valence-corrected chi connectivity index (χ3v) is 6.19. The molecule has 5 rings (SSSR count). The summed E-state index contributed by atoms with van der Waals surface area (Å²) in [6.07, 6.45) is 0.434. The van der Waals surface area contributed by atoms with E-state index in [0.29, 0.717) is 5.75 Å². The van der Waals surface area contributed by atoms with Crippen molar-refractivity contribution in [1.82, 2.24) is 5.01 Å². The maximum Gasteiger partial charge on any atom is 0.213 e. The molecule has 0 saturated heterocycles. The Hall–Kier alpha value is -3.03. The summed E-state index contributed by atoms with van der Waals surface area (Å²) >= 11 is 3.59. The number of ether oxygens (including phenoxy) is 3. The van der Waals surface area contributed by atoms with Crippen molar-refractivity contribution in [3.63, 3.8) is 0 Å². The SMILES string of the molecule is COc1ccc(C2=NN3C(C2)c2cc(Br)ccc2OC3c2ccc(OCCO)cc2)cc1. The molecule has 3 aromatic rings. The molecule has 2 unspecified atom stereocenters. The number of hydrazone groups is 1. The zero-order chi connectivity index (χ0) is 22.1. The lowest BCUT2D eigenvalue weighted by Crippen LogP contribution is -2.33. The van der Waals surface area contributed by atoms with Crippen molar-refractivity contribution >= 4 is 21.6 Å². The highest BCUT2D eigenvalue weighted by Crippen LogP contribution is 2.48. The smallest absolute Gasteiger partial charge is 0.213 e. The molecule has 0 amide bonds. The lowest BCUT2D eigenvalue weighted by Gasteiger charge is -2.38. The normalized spacial score (nSPS) is 19.0. The lowest BCUT2D eigenvalue weighted by atomic mass is 9.96. The van der Waals surface area contributed by atoms with Crippen molar-refractivity contribution in [3.8, 4) is 17.2 Å². The summed E-state index contributed by atoms with van der Waals surface area (Å²) in [7, 11) is 1.67. The minimum absolute atomic E-state index is 0.0157. The Morgan fingerprint density at radius 3 is 2.53 bits per heavy atom. The maximum atomic E-state index is 8.97. The van der Waals surface area contributed by atoms with Crippen LogP contribution < -0.4 is 14.2 Å². The van der Waals surface area contributed by atoms with Gasteiger partial charge in [0, 0.05) is 22.0 Å². The third-order valence-electron chi connectivity index (χ3n) is 5.70. The van der Waals surface area contributed by atoms with Gasteiger partial charge >= 0.3 is 0 Å².